The molecule has 26 heavy (non-hydrogen) atoms. The summed E-state index contributed by atoms with van der Waals surface area (Å²) in [6.45, 7) is 3.52. The summed E-state index contributed by atoms with van der Waals surface area (Å²) in [5.74, 6) is -0.207. The number of carbonyl (C=O) groups excluding carboxylic acids is 2. The first-order chi connectivity index (χ1) is 12.5. The van der Waals surface area contributed by atoms with Gasteiger partial charge in [-0.2, -0.15) is 10.2 Å². The molecule has 1 N–H and O–H groups in total. The molecule has 0 aromatic carbocycles. The third-order valence-electron chi connectivity index (χ3n) is 4.71. The van der Waals surface area contributed by atoms with Crippen LogP contribution in [0.4, 0.5) is 0 Å². The van der Waals surface area contributed by atoms with Crippen molar-refractivity contribution in [2.24, 2.45) is 0 Å². The van der Waals surface area contributed by atoms with Crippen molar-refractivity contribution in [1.29, 1.82) is 0 Å². The zero-order valence-corrected chi connectivity index (χ0v) is 15.6. The van der Waals surface area contributed by atoms with Gasteiger partial charge < -0.3 is 9.80 Å². The average Bonchev–Trinajstić information content (AvgIpc) is 3.30. The lowest BCUT2D eigenvalue weighted by atomic mass is 9.96. The van der Waals surface area contributed by atoms with Crippen molar-refractivity contribution in [3.8, 4) is 0 Å². The highest BCUT2D eigenvalue weighted by atomic mass is 16.2. The van der Waals surface area contributed by atoms with E-state index in [1.54, 1.807) is 31.0 Å². The Bertz CT molecular complexity index is 778. The number of rotatable bonds is 5. The van der Waals surface area contributed by atoms with E-state index in [0.717, 1.165) is 32.2 Å². The van der Waals surface area contributed by atoms with Crippen LogP contribution in [0.3, 0.4) is 0 Å². The fraction of sp³-hybridized carbons (Fsp3) is 0.556. The minimum absolute atomic E-state index is 0.0950. The number of H-pyrrole nitrogens is 1. The number of aromatic amines is 1. The summed E-state index contributed by atoms with van der Waals surface area (Å²) in [5, 5.41) is 11.4. The van der Waals surface area contributed by atoms with E-state index in [4.69, 9.17) is 0 Å². The van der Waals surface area contributed by atoms with Crippen LogP contribution in [-0.4, -0.2) is 62.2 Å². The van der Waals surface area contributed by atoms with Gasteiger partial charge in [0.1, 0.15) is 5.69 Å². The minimum Gasteiger partial charge on any atom is -0.345 e. The number of nitrogens with zero attached hydrogens (tertiary/aromatic N) is 5. The van der Waals surface area contributed by atoms with Crippen molar-refractivity contribution in [2.45, 2.75) is 45.2 Å². The molecule has 3 heterocycles. The number of hydrogen-bond acceptors (Lipinski definition) is 4. The third kappa shape index (κ3) is 3.49. The lowest BCUT2D eigenvalue weighted by Crippen LogP contribution is -2.39. The van der Waals surface area contributed by atoms with Gasteiger partial charge >= 0.3 is 0 Å². The van der Waals surface area contributed by atoms with Crippen LogP contribution in [-0.2, 0) is 6.54 Å². The van der Waals surface area contributed by atoms with Crippen LogP contribution in [0.1, 0.15) is 65.2 Å². The van der Waals surface area contributed by atoms with Crippen LogP contribution in [0, 0.1) is 0 Å². The minimum atomic E-state index is -0.186. The topological polar surface area (TPSA) is 87.1 Å². The van der Waals surface area contributed by atoms with Gasteiger partial charge in [-0.1, -0.05) is 6.92 Å². The van der Waals surface area contributed by atoms with Gasteiger partial charge in [0.25, 0.3) is 11.8 Å². The zero-order chi connectivity index (χ0) is 18.7. The van der Waals surface area contributed by atoms with Gasteiger partial charge in [-0.25, -0.2) is 0 Å². The van der Waals surface area contributed by atoms with E-state index in [1.807, 2.05) is 11.1 Å². The SMILES string of the molecule is CCCn1ccc(C(=O)N2CCCC[C@@H]2c2[nH]ncc2C(=O)N(C)C)n1. The summed E-state index contributed by atoms with van der Waals surface area (Å²) in [6, 6.07) is 1.58. The quantitative estimate of drug-likeness (QED) is 0.886. The first-order valence-electron chi connectivity index (χ1n) is 9.12. The Balaban J connectivity index is 1.88. The largest absolute Gasteiger partial charge is 0.345 e. The van der Waals surface area contributed by atoms with Crippen LogP contribution in [0.25, 0.3) is 0 Å². The number of nitrogens with one attached hydrogen (secondary N) is 1. The molecule has 1 fully saturated rings. The van der Waals surface area contributed by atoms with E-state index in [1.165, 1.54) is 4.90 Å². The van der Waals surface area contributed by atoms with E-state index < -0.39 is 0 Å². The van der Waals surface area contributed by atoms with Crippen LogP contribution in [0.15, 0.2) is 18.5 Å². The lowest BCUT2D eigenvalue weighted by Gasteiger charge is -2.35. The summed E-state index contributed by atoms with van der Waals surface area (Å²) in [6.07, 6.45) is 7.11. The summed E-state index contributed by atoms with van der Waals surface area (Å²) in [4.78, 5) is 28.8. The summed E-state index contributed by atoms with van der Waals surface area (Å²) in [7, 11) is 3.42. The fourth-order valence-corrected chi connectivity index (χ4v) is 3.41. The predicted octanol–water partition coefficient (Wildman–Crippen LogP) is 2.09. The molecular formula is C18H26N6O2. The van der Waals surface area contributed by atoms with E-state index in [9.17, 15) is 9.59 Å². The first-order valence-corrected chi connectivity index (χ1v) is 9.12. The molecule has 0 spiro atoms. The molecule has 0 saturated carbocycles. The maximum absolute atomic E-state index is 13.1. The number of aromatic nitrogens is 4. The van der Waals surface area contributed by atoms with E-state index in [2.05, 4.69) is 22.2 Å². The smallest absolute Gasteiger partial charge is 0.274 e. The number of amides is 2. The Morgan fingerprint density at radius 1 is 1.35 bits per heavy atom. The normalized spacial score (nSPS) is 17.3. The zero-order valence-electron chi connectivity index (χ0n) is 15.6. The van der Waals surface area contributed by atoms with Crippen molar-refractivity contribution < 1.29 is 9.59 Å². The van der Waals surface area contributed by atoms with Crippen molar-refractivity contribution in [2.75, 3.05) is 20.6 Å². The number of aryl methyl sites for hydroxylation is 1. The standard InChI is InChI=1S/C18H26N6O2/c1-4-9-23-11-8-14(21-23)18(26)24-10-6-5-7-15(24)16-13(12-19-20-16)17(25)22(2)3/h8,11-12,15H,4-7,9-10H2,1-3H3,(H,19,20)/t15-/m1/s1. The maximum atomic E-state index is 13.1. The Labute approximate surface area is 153 Å². The summed E-state index contributed by atoms with van der Waals surface area (Å²) in [5.41, 5.74) is 1.69. The van der Waals surface area contributed by atoms with Crippen molar-refractivity contribution in [3.05, 3.63) is 35.4 Å². The number of likely N-dealkylation sites (tertiary alicyclic amines) is 1. The Kier molecular flexibility index (Phi) is 5.39. The van der Waals surface area contributed by atoms with E-state index >= 15 is 0 Å². The fourth-order valence-electron chi connectivity index (χ4n) is 3.41. The molecular weight excluding hydrogens is 332 g/mol. The highest BCUT2D eigenvalue weighted by Crippen LogP contribution is 2.32. The molecule has 8 nitrogen and oxygen atoms in total. The molecule has 2 amide bonds. The molecule has 0 aliphatic carbocycles. The van der Waals surface area contributed by atoms with Gasteiger partial charge in [-0.05, 0) is 31.7 Å². The van der Waals surface area contributed by atoms with Gasteiger partial charge in [0.2, 0.25) is 0 Å². The Morgan fingerprint density at radius 3 is 2.88 bits per heavy atom. The highest BCUT2D eigenvalue weighted by Gasteiger charge is 2.33. The molecule has 1 aliphatic heterocycles. The Hall–Kier alpha value is -2.64. The van der Waals surface area contributed by atoms with Gasteiger partial charge in [-0.3, -0.25) is 19.4 Å². The molecule has 140 valence electrons. The monoisotopic (exact) mass is 358 g/mol. The van der Waals surface area contributed by atoms with Crippen LogP contribution < -0.4 is 0 Å². The molecule has 2 aromatic rings. The van der Waals surface area contributed by atoms with Gasteiger partial charge in [0.05, 0.1) is 23.5 Å². The number of piperidine rings is 1. The maximum Gasteiger partial charge on any atom is 0.274 e. The first kappa shape index (κ1) is 18.2. The number of hydrogen-bond donors (Lipinski definition) is 1. The van der Waals surface area contributed by atoms with Crippen molar-refractivity contribution >= 4 is 11.8 Å². The van der Waals surface area contributed by atoms with E-state index in [0.29, 0.717) is 23.5 Å². The summed E-state index contributed by atoms with van der Waals surface area (Å²) < 4.78 is 1.80. The van der Waals surface area contributed by atoms with Crippen molar-refractivity contribution in [1.82, 2.24) is 29.8 Å². The highest BCUT2D eigenvalue weighted by molar-refractivity contribution is 5.96. The number of carbonyl (C=O) groups is 2. The lowest BCUT2D eigenvalue weighted by molar-refractivity contribution is 0.0593. The van der Waals surface area contributed by atoms with Crippen LogP contribution >= 0.6 is 0 Å². The van der Waals surface area contributed by atoms with Crippen LogP contribution in [0.2, 0.25) is 0 Å². The van der Waals surface area contributed by atoms with E-state index in [-0.39, 0.29) is 17.9 Å². The Morgan fingerprint density at radius 2 is 2.15 bits per heavy atom. The second kappa shape index (κ2) is 7.72. The van der Waals surface area contributed by atoms with Crippen LogP contribution in [0.5, 0.6) is 0 Å². The second-order valence-corrected chi connectivity index (χ2v) is 6.87. The summed E-state index contributed by atoms with van der Waals surface area (Å²) >= 11 is 0. The molecule has 0 unspecified atom stereocenters. The third-order valence-corrected chi connectivity index (χ3v) is 4.71. The molecule has 0 bridgehead atoms. The van der Waals surface area contributed by atoms with Gasteiger partial charge in [0.15, 0.2) is 0 Å². The molecule has 8 heteroatoms. The van der Waals surface area contributed by atoms with Crippen molar-refractivity contribution in [3.63, 3.8) is 0 Å². The molecule has 1 saturated heterocycles. The average molecular weight is 358 g/mol. The van der Waals surface area contributed by atoms with Gasteiger partial charge in [0, 0.05) is 33.4 Å². The second-order valence-electron chi connectivity index (χ2n) is 6.87. The van der Waals surface area contributed by atoms with Gasteiger partial charge in [-0.15, -0.1) is 0 Å². The molecule has 3 rings (SSSR count). The molecule has 1 aliphatic rings. The predicted molar refractivity (Wildman–Crippen MR) is 96.8 cm³/mol. The molecule has 0 radical (unpaired) electrons. The molecule has 2 aromatic heterocycles. The molecule has 1 atom stereocenters.